The van der Waals surface area contributed by atoms with Crippen LogP contribution in [-0.2, 0) is 19.1 Å². The molecule has 13 heteroatoms. The van der Waals surface area contributed by atoms with Crippen molar-refractivity contribution < 1.29 is 28.7 Å². The molecule has 1 saturated heterocycles. The van der Waals surface area contributed by atoms with Gasteiger partial charge in [-0.15, -0.1) is 0 Å². The van der Waals surface area contributed by atoms with Crippen molar-refractivity contribution in [1.29, 1.82) is 0 Å². The van der Waals surface area contributed by atoms with Crippen LogP contribution in [0.25, 0.3) is 10.9 Å². The maximum Gasteiger partial charge on any atom is 0.410 e. The van der Waals surface area contributed by atoms with Crippen molar-refractivity contribution in [2.24, 2.45) is 5.41 Å². The monoisotopic (exact) mass is 585 g/mol. The zero-order valence-corrected chi connectivity index (χ0v) is 25.9. The van der Waals surface area contributed by atoms with E-state index in [1.807, 2.05) is 20.8 Å². The number of aromatic nitrogens is 2. The third kappa shape index (κ3) is 7.37. The molecule has 1 aromatic heterocycles. The van der Waals surface area contributed by atoms with E-state index in [-0.39, 0.29) is 11.7 Å². The van der Waals surface area contributed by atoms with Gasteiger partial charge in [0.1, 0.15) is 41.6 Å². The number of rotatable bonds is 7. The number of nitrogens with two attached hydrogens (primary N) is 1. The van der Waals surface area contributed by atoms with Gasteiger partial charge in [0.15, 0.2) is 0 Å². The second kappa shape index (κ2) is 12.4. The van der Waals surface area contributed by atoms with Crippen LogP contribution in [-0.4, -0.2) is 88.0 Å². The van der Waals surface area contributed by atoms with E-state index in [9.17, 15) is 19.2 Å². The lowest BCUT2D eigenvalue weighted by molar-refractivity contribution is -0.143. The van der Waals surface area contributed by atoms with Crippen LogP contribution in [0, 0.1) is 5.41 Å². The summed E-state index contributed by atoms with van der Waals surface area (Å²) in [6.07, 6.45) is 1.75. The highest BCUT2D eigenvalue weighted by atomic mass is 16.6. The second-order valence-corrected chi connectivity index (χ2v) is 12.6. The van der Waals surface area contributed by atoms with Gasteiger partial charge in [0.25, 0.3) is 0 Å². The number of likely N-dealkylation sites (N-methyl/N-ethyl adjacent to an activating group) is 1. The fraction of sp³-hybridized carbons (Fsp3) is 0.586. The van der Waals surface area contributed by atoms with Gasteiger partial charge in [0, 0.05) is 25.0 Å². The Bertz CT molecular complexity index is 1350. The van der Waals surface area contributed by atoms with Gasteiger partial charge in [-0.25, -0.2) is 14.8 Å². The number of nitrogens with zero attached hydrogens (tertiary/aromatic N) is 4. The molecule has 4 N–H and O–H groups in total. The van der Waals surface area contributed by atoms with Gasteiger partial charge in [-0.3, -0.25) is 19.3 Å². The van der Waals surface area contributed by atoms with Crippen molar-refractivity contribution in [2.75, 3.05) is 31.8 Å². The fourth-order valence-corrected chi connectivity index (χ4v) is 4.63. The van der Waals surface area contributed by atoms with Crippen LogP contribution in [0.15, 0.2) is 18.5 Å². The number of hydrogen-bond donors (Lipinski definition) is 3. The Balaban J connectivity index is 1.80. The van der Waals surface area contributed by atoms with Gasteiger partial charge in [-0.1, -0.05) is 20.8 Å². The summed E-state index contributed by atoms with van der Waals surface area (Å²) >= 11 is 0. The number of likely N-dealkylation sites (tertiary alicyclic amines) is 1. The van der Waals surface area contributed by atoms with Crippen molar-refractivity contribution >= 4 is 46.2 Å². The molecule has 2 aromatic rings. The summed E-state index contributed by atoms with van der Waals surface area (Å²) in [6, 6.07) is 0.655. The molecular weight excluding hydrogens is 542 g/mol. The van der Waals surface area contributed by atoms with Crippen LogP contribution in [0.1, 0.15) is 61.3 Å². The van der Waals surface area contributed by atoms with Gasteiger partial charge >= 0.3 is 6.09 Å². The van der Waals surface area contributed by atoms with E-state index >= 15 is 0 Å². The fourth-order valence-electron chi connectivity index (χ4n) is 4.63. The van der Waals surface area contributed by atoms with E-state index in [1.165, 1.54) is 30.3 Å². The number of hydrogen-bond acceptors (Lipinski definition) is 9. The number of carbonyl (C=O) groups is 4. The van der Waals surface area contributed by atoms with E-state index in [4.69, 9.17) is 15.2 Å². The molecule has 0 radical (unpaired) electrons. The zero-order valence-electron chi connectivity index (χ0n) is 25.9. The number of methoxy groups -OCH3 is 1. The maximum atomic E-state index is 13.9. The molecule has 3 atom stereocenters. The van der Waals surface area contributed by atoms with Gasteiger partial charge in [0.05, 0.1) is 18.3 Å². The van der Waals surface area contributed by atoms with E-state index in [0.29, 0.717) is 41.7 Å². The summed E-state index contributed by atoms with van der Waals surface area (Å²) < 4.78 is 10.8. The molecule has 3 rings (SSSR count). The lowest BCUT2D eigenvalue weighted by Gasteiger charge is -2.36. The molecule has 0 bridgehead atoms. The molecule has 0 unspecified atom stereocenters. The van der Waals surface area contributed by atoms with Crippen LogP contribution in [0.3, 0.4) is 0 Å². The van der Waals surface area contributed by atoms with E-state index in [1.54, 1.807) is 39.8 Å². The van der Waals surface area contributed by atoms with Gasteiger partial charge in [0.2, 0.25) is 17.7 Å². The normalized spacial score (nSPS) is 16.9. The van der Waals surface area contributed by atoms with Gasteiger partial charge in [-0.05, 0) is 52.0 Å². The second-order valence-electron chi connectivity index (χ2n) is 12.6. The lowest BCUT2D eigenvalue weighted by Crippen LogP contribution is -2.59. The molecule has 1 fully saturated rings. The minimum absolute atomic E-state index is 0.256. The molecule has 13 nitrogen and oxygen atoms in total. The maximum absolute atomic E-state index is 13.9. The molecule has 0 aliphatic carbocycles. The number of benzene rings is 1. The first-order valence-electron chi connectivity index (χ1n) is 13.9. The Morgan fingerprint density at radius 2 is 1.79 bits per heavy atom. The molecular formula is C29H43N7O6. The largest absolute Gasteiger partial charge is 0.494 e. The number of amides is 4. The summed E-state index contributed by atoms with van der Waals surface area (Å²) in [4.78, 5) is 64.1. The highest BCUT2D eigenvalue weighted by molar-refractivity contribution is 6.02. The van der Waals surface area contributed by atoms with Crippen molar-refractivity contribution in [3.05, 3.63) is 18.5 Å². The van der Waals surface area contributed by atoms with E-state index < -0.39 is 47.0 Å². The predicted octanol–water partition coefficient (Wildman–Crippen LogP) is 2.94. The van der Waals surface area contributed by atoms with E-state index in [2.05, 4.69) is 20.6 Å². The average molecular weight is 586 g/mol. The highest BCUT2D eigenvalue weighted by Gasteiger charge is 2.43. The third-order valence-corrected chi connectivity index (χ3v) is 7.13. The predicted molar refractivity (Wildman–Crippen MR) is 159 cm³/mol. The molecule has 230 valence electrons. The molecule has 4 amide bonds. The average Bonchev–Trinajstić information content (AvgIpc) is 3.39. The zero-order chi connectivity index (χ0) is 31.6. The van der Waals surface area contributed by atoms with Crippen molar-refractivity contribution in [2.45, 2.75) is 85.0 Å². The molecule has 0 spiro atoms. The standard InChI is InChI=1S/C29H43N7O6/c1-16(35(8)27(40)42-29(5,6)7)24(37)34-22(28(2,3)4)26(39)36-12-10-11-20(36)25(38)33-19-13-17-18(14-21(19)41-9)31-15-32-23(17)30/h13-16,20,22H,10-12H2,1-9H3,(H,33,38)(H,34,37)(H2,30,31,32)/t16-,20-,22+/m0/s1. The van der Waals surface area contributed by atoms with Gasteiger partial charge < -0.3 is 30.7 Å². The quantitative estimate of drug-likeness (QED) is 0.442. The van der Waals surface area contributed by atoms with Crippen LogP contribution < -0.4 is 21.1 Å². The van der Waals surface area contributed by atoms with Crippen molar-refractivity contribution in [3.63, 3.8) is 0 Å². The Morgan fingerprint density at radius 1 is 1.12 bits per heavy atom. The number of ether oxygens (including phenoxy) is 2. The van der Waals surface area contributed by atoms with Crippen LogP contribution in [0.5, 0.6) is 5.75 Å². The Kier molecular flexibility index (Phi) is 9.53. The summed E-state index contributed by atoms with van der Waals surface area (Å²) in [6.45, 7) is 12.6. The number of nitrogen functional groups attached to an aromatic ring is 1. The van der Waals surface area contributed by atoms with Gasteiger partial charge in [-0.2, -0.15) is 0 Å². The molecule has 1 aliphatic heterocycles. The molecule has 42 heavy (non-hydrogen) atoms. The smallest absolute Gasteiger partial charge is 0.410 e. The molecule has 2 heterocycles. The number of anilines is 2. The first kappa shape index (κ1) is 32.4. The number of fused-ring (bicyclic) bond motifs is 1. The molecule has 0 saturated carbocycles. The summed E-state index contributed by atoms with van der Waals surface area (Å²) in [5.74, 6) is -0.661. The Morgan fingerprint density at radius 3 is 2.38 bits per heavy atom. The number of nitrogens with one attached hydrogen (secondary N) is 2. The van der Waals surface area contributed by atoms with Crippen molar-refractivity contribution in [3.8, 4) is 5.75 Å². The molecule has 1 aliphatic rings. The van der Waals surface area contributed by atoms with E-state index in [0.717, 1.165) is 0 Å². The van der Waals surface area contributed by atoms with Crippen molar-refractivity contribution in [1.82, 2.24) is 25.1 Å². The van der Waals surface area contributed by atoms with Crippen LogP contribution >= 0.6 is 0 Å². The van der Waals surface area contributed by atoms with Crippen LogP contribution in [0.2, 0.25) is 0 Å². The summed E-state index contributed by atoms with van der Waals surface area (Å²) in [7, 11) is 2.94. The molecule has 1 aromatic carbocycles. The Hall–Kier alpha value is -4.16. The minimum Gasteiger partial charge on any atom is -0.494 e. The summed E-state index contributed by atoms with van der Waals surface area (Å²) in [5.41, 5.74) is 5.52. The third-order valence-electron chi connectivity index (χ3n) is 7.13. The summed E-state index contributed by atoms with van der Waals surface area (Å²) in [5, 5.41) is 6.25. The SMILES string of the molecule is COc1cc2ncnc(N)c2cc1NC(=O)[C@@H]1CCCN1C(=O)[C@@H](NC(=O)[C@H](C)N(C)C(=O)OC(C)(C)C)C(C)(C)C. The first-order chi connectivity index (χ1) is 19.4. The Labute approximate surface area is 246 Å². The topological polar surface area (TPSA) is 169 Å². The lowest BCUT2D eigenvalue weighted by atomic mass is 9.85. The first-order valence-corrected chi connectivity index (χ1v) is 13.9. The van der Waals surface area contributed by atoms with Crippen LogP contribution in [0.4, 0.5) is 16.3 Å². The minimum atomic E-state index is -0.958. The highest BCUT2D eigenvalue weighted by Crippen LogP contribution is 2.32. The number of carbonyl (C=O) groups excluding carboxylic acids is 4.